The van der Waals surface area contributed by atoms with Crippen LogP contribution in [0.5, 0.6) is 5.75 Å². The molecule has 1 aliphatic heterocycles. The zero-order chi connectivity index (χ0) is 14.7. The minimum atomic E-state index is -0.104. The third-order valence-electron chi connectivity index (χ3n) is 3.47. The molecule has 0 radical (unpaired) electrons. The number of thioether (sulfide) groups is 1. The average Bonchev–Trinajstić information content (AvgIpc) is 2.97. The number of benzene rings is 1. The molecule has 1 fully saturated rings. The number of rotatable bonds is 4. The van der Waals surface area contributed by atoms with Gasteiger partial charge in [0.15, 0.2) is 0 Å². The average molecular weight is 315 g/mol. The van der Waals surface area contributed by atoms with Crippen LogP contribution in [-0.2, 0) is 11.3 Å². The second-order valence-corrected chi connectivity index (χ2v) is 6.21. The number of hydrogen-bond acceptors (Lipinski definition) is 4. The van der Waals surface area contributed by atoms with Gasteiger partial charge >= 0.3 is 0 Å². The molecule has 1 aromatic rings. The molecule has 0 bridgehead atoms. The van der Waals surface area contributed by atoms with E-state index in [4.69, 9.17) is 16.3 Å². The summed E-state index contributed by atoms with van der Waals surface area (Å²) in [5.41, 5.74) is 2.87. The molecule has 20 heavy (non-hydrogen) atoms. The number of amides is 1. The van der Waals surface area contributed by atoms with Crippen LogP contribution in [0.1, 0.15) is 16.7 Å². The lowest BCUT2D eigenvalue weighted by Crippen LogP contribution is -2.41. The molecule has 0 spiro atoms. The van der Waals surface area contributed by atoms with Gasteiger partial charge in [0.1, 0.15) is 5.75 Å². The maximum Gasteiger partial charge on any atom is 0.238 e. The maximum absolute atomic E-state index is 12.0. The second-order valence-electron chi connectivity index (χ2n) is 4.80. The molecule has 0 aromatic heterocycles. The Hall–Kier alpha value is -0.910. The van der Waals surface area contributed by atoms with Crippen molar-refractivity contribution in [2.24, 2.45) is 0 Å². The molecule has 1 atom stereocenters. The van der Waals surface area contributed by atoms with Gasteiger partial charge in [-0.2, -0.15) is 0 Å². The van der Waals surface area contributed by atoms with Gasteiger partial charge in [-0.3, -0.25) is 10.1 Å². The standard InChI is InChI=1S/C14H19ClN2O2S/c1-8-4-12(19-3)10(9(2)13(8)15)5-16-14(18)11-6-20-7-17-11/h4,11,17H,5-7H2,1-3H3,(H,16,18). The number of hydrogen-bond donors (Lipinski definition) is 2. The van der Waals surface area contributed by atoms with E-state index < -0.39 is 0 Å². The lowest BCUT2D eigenvalue weighted by molar-refractivity contribution is -0.122. The number of ether oxygens (including phenoxy) is 1. The van der Waals surface area contributed by atoms with Gasteiger partial charge in [-0.25, -0.2) is 0 Å². The second kappa shape index (κ2) is 6.70. The Morgan fingerprint density at radius 1 is 1.60 bits per heavy atom. The fourth-order valence-electron chi connectivity index (χ4n) is 2.22. The predicted octanol–water partition coefficient (Wildman–Crippen LogP) is 2.24. The molecule has 1 amide bonds. The number of aryl methyl sites for hydroxylation is 1. The van der Waals surface area contributed by atoms with Crippen LogP contribution >= 0.6 is 23.4 Å². The SMILES string of the molecule is COc1cc(C)c(Cl)c(C)c1CNC(=O)C1CSCN1. The van der Waals surface area contributed by atoms with Crippen LogP contribution in [0.4, 0.5) is 0 Å². The summed E-state index contributed by atoms with van der Waals surface area (Å²) in [6.07, 6.45) is 0. The predicted molar refractivity (Wildman–Crippen MR) is 83.6 cm³/mol. The minimum Gasteiger partial charge on any atom is -0.496 e. The van der Waals surface area contributed by atoms with E-state index in [1.165, 1.54) is 0 Å². The highest BCUT2D eigenvalue weighted by Gasteiger charge is 2.23. The van der Waals surface area contributed by atoms with Crippen molar-refractivity contribution in [2.75, 3.05) is 18.7 Å². The van der Waals surface area contributed by atoms with E-state index >= 15 is 0 Å². The highest BCUT2D eigenvalue weighted by Crippen LogP contribution is 2.31. The van der Waals surface area contributed by atoms with Crippen molar-refractivity contribution in [1.82, 2.24) is 10.6 Å². The summed E-state index contributed by atoms with van der Waals surface area (Å²) in [6.45, 7) is 4.32. The van der Waals surface area contributed by atoms with Crippen LogP contribution in [0.15, 0.2) is 6.07 Å². The molecule has 1 aromatic carbocycles. The molecule has 6 heteroatoms. The number of nitrogens with one attached hydrogen (secondary N) is 2. The number of methoxy groups -OCH3 is 1. The lowest BCUT2D eigenvalue weighted by Gasteiger charge is -2.17. The Morgan fingerprint density at radius 2 is 2.35 bits per heavy atom. The summed E-state index contributed by atoms with van der Waals surface area (Å²) in [6, 6.07) is 1.80. The Bertz CT molecular complexity index is 516. The molecule has 1 heterocycles. The van der Waals surface area contributed by atoms with Crippen LogP contribution in [0.3, 0.4) is 0 Å². The number of carbonyl (C=O) groups is 1. The van der Waals surface area contributed by atoms with Crippen LogP contribution < -0.4 is 15.4 Å². The molecule has 0 saturated carbocycles. The quantitative estimate of drug-likeness (QED) is 0.895. The first-order chi connectivity index (χ1) is 9.54. The van der Waals surface area contributed by atoms with Gasteiger partial charge in [0.2, 0.25) is 5.91 Å². The van der Waals surface area contributed by atoms with Crippen LogP contribution in [-0.4, -0.2) is 30.7 Å². The number of carbonyl (C=O) groups excluding carboxylic acids is 1. The van der Waals surface area contributed by atoms with E-state index in [-0.39, 0.29) is 11.9 Å². The van der Waals surface area contributed by atoms with Crippen molar-refractivity contribution in [3.8, 4) is 5.75 Å². The largest absolute Gasteiger partial charge is 0.496 e. The summed E-state index contributed by atoms with van der Waals surface area (Å²) < 4.78 is 5.39. The van der Waals surface area contributed by atoms with Gasteiger partial charge in [0.25, 0.3) is 0 Å². The highest BCUT2D eigenvalue weighted by molar-refractivity contribution is 7.99. The maximum atomic E-state index is 12.0. The van der Waals surface area contributed by atoms with Crippen molar-refractivity contribution >= 4 is 29.3 Å². The van der Waals surface area contributed by atoms with Crippen LogP contribution in [0, 0.1) is 13.8 Å². The molecule has 1 aliphatic rings. The fraction of sp³-hybridized carbons (Fsp3) is 0.500. The third kappa shape index (κ3) is 3.22. The Kier molecular flexibility index (Phi) is 5.18. The monoisotopic (exact) mass is 314 g/mol. The molecule has 4 nitrogen and oxygen atoms in total. The summed E-state index contributed by atoms with van der Waals surface area (Å²) in [4.78, 5) is 12.0. The highest BCUT2D eigenvalue weighted by atomic mass is 35.5. The van der Waals surface area contributed by atoms with E-state index in [1.807, 2.05) is 19.9 Å². The van der Waals surface area contributed by atoms with Gasteiger partial charge in [-0.05, 0) is 31.0 Å². The molecule has 1 saturated heterocycles. The van der Waals surface area contributed by atoms with Gasteiger partial charge in [0, 0.05) is 28.8 Å². The van der Waals surface area contributed by atoms with Crippen molar-refractivity contribution in [3.05, 3.63) is 27.8 Å². The van der Waals surface area contributed by atoms with Gasteiger partial charge in [0.05, 0.1) is 13.2 Å². The Labute approximate surface area is 128 Å². The summed E-state index contributed by atoms with van der Waals surface area (Å²) >= 11 is 8.00. The molecule has 2 N–H and O–H groups in total. The third-order valence-corrected chi connectivity index (χ3v) is 4.99. The smallest absolute Gasteiger partial charge is 0.238 e. The van der Waals surface area contributed by atoms with Gasteiger partial charge in [-0.15, -0.1) is 11.8 Å². The summed E-state index contributed by atoms with van der Waals surface area (Å²) in [5.74, 6) is 2.43. The number of halogens is 1. The first-order valence-corrected chi connectivity index (χ1v) is 7.99. The van der Waals surface area contributed by atoms with E-state index in [0.29, 0.717) is 6.54 Å². The van der Waals surface area contributed by atoms with Crippen molar-refractivity contribution in [1.29, 1.82) is 0 Å². The van der Waals surface area contributed by atoms with Gasteiger partial charge in [-0.1, -0.05) is 11.6 Å². The summed E-state index contributed by atoms with van der Waals surface area (Å²) in [5, 5.41) is 6.83. The molecule has 110 valence electrons. The first kappa shape index (κ1) is 15.5. The van der Waals surface area contributed by atoms with Crippen LogP contribution in [0.2, 0.25) is 5.02 Å². The van der Waals surface area contributed by atoms with Crippen molar-refractivity contribution in [2.45, 2.75) is 26.4 Å². The van der Waals surface area contributed by atoms with E-state index in [2.05, 4.69) is 10.6 Å². The Morgan fingerprint density at radius 3 is 2.95 bits per heavy atom. The topological polar surface area (TPSA) is 50.4 Å². The van der Waals surface area contributed by atoms with Crippen LogP contribution in [0.25, 0.3) is 0 Å². The molecule has 1 unspecified atom stereocenters. The minimum absolute atomic E-state index is 0.0214. The molecule has 0 aliphatic carbocycles. The van der Waals surface area contributed by atoms with Crippen molar-refractivity contribution < 1.29 is 9.53 Å². The summed E-state index contributed by atoms with van der Waals surface area (Å²) in [7, 11) is 1.63. The van der Waals surface area contributed by atoms with E-state index in [0.717, 1.165) is 39.1 Å². The van der Waals surface area contributed by atoms with Crippen molar-refractivity contribution in [3.63, 3.8) is 0 Å². The lowest BCUT2D eigenvalue weighted by atomic mass is 10.0. The zero-order valence-electron chi connectivity index (χ0n) is 11.9. The first-order valence-electron chi connectivity index (χ1n) is 6.46. The Balaban J connectivity index is 2.12. The zero-order valence-corrected chi connectivity index (χ0v) is 13.5. The molecular formula is C14H19ClN2O2S. The van der Waals surface area contributed by atoms with E-state index in [9.17, 15) is 4.79 Å². The molecular weight excluding hydrogens is 296 g/mol. The fourth-order valence-corrected chi connectivity index (χ4v) is 3.33. The molecule has 2 rings (SSSR count). The normalized spacial score (nSPS) is 18.1. The van der Waals surface area contributed by atoms with E-state index in [1.54, 1.807) is 18.9 Å². The van der Waals surface area contributed by atoms with Gasteiger partial charge < -0.3 is 10.1 Å².